The van der Waals surface area contributed by atoms with Crippen LogP contribution in [0.4, 0.5) is 21.9 Å². The smallest absolute Gasteiger partial charge is 0.410 e. The Morgan fingerprint density at radius 3 is 2.43 bits per heavy atom. The number of carbonyl (C=O) groups excluding carboxylic acids is 2. The molecule has 4 rings (SSSR count). The van der Waals surface area contributed by atoms with Crippen LogP contribution in [0, 0.1) is 11.3 Å². The van der Waals surface area contributed by atoms with E-state index in [9.17, 15) is 9.59 Å². The fourth-order valence-electron chi connectivity index (χ4n) is 5.23. The average molecular weight is 505 g/mol. The molecular weight excluding hydrogens is 468 g/mol. The number of likely N-dealkylation sites (tertiary alicyclic amines) is 1. The van der Waals surface area contributed by atoms with E-state index in [-0.39, 0.29) is 30.1 Å². The number of esters is 1. The summed E-state index contributed by atoms with van der Waals surface area (Å²) >= 11 is 0. The average Bonchev–Trinajstić information content (AvgIpc) is 3.48. The van der Waals surface area contributed by atoms with Crippen molar-refractivity contribution in [2.24, 2.45) is 0 Å². The second-order valence-electron chi connectivity index (χ2n) is 10.8. The molecule has 0 aliphatic carbocycles. The number of piperazine rings is 1. The number of anilines is 3. The first-order valence-electron chi connectivity index (χ1n) is 12.9. The third-order valence-corrected chi connectivity index (χ3v) is 7.10. The van der Waals surface area contributed by atoms with Crippen LogP contribution >= 0.6 is 0 Å². The third kappa shape index (κ3) is 5.99. The standard InChI is InChI=1S/C29H36N4O4/c1-6-20(14-27(34)36-5)21-9-12-26(25(13-21)31-22-10-7-19(16-30)8-11-22)32-17-24-15-23(32)18-33(24)28(35)37-29(2,3)4/h7-13,20,23-24,31H,6,14-15,17-18H2,1-5H3/t20?,23-,24-/m0/s1. The van der Waals surface area contributed by atoms with Crippen molar-refractivity contribution in [3.05, 3.63) is 53.6 Å². The second kappa shape index (κ2) is 10.7. The molecule has 1 amide bonds. The van der Waals surface area contributed by atoms with Gasteiger partial charge >= 0.3 is 12.1 Å². The largest absolute Gasteiger partial charge is 0.469 e. The number of benzene rings is 2. The number of nitrogens with one attached hydrogen (secondary N) is 1. The number of hydrogen-bond acceptors (Lipinski definition) is 7. The molecule has 37 heavy (non-hydrogen) atoms. The number of carbonyl (C=O) groups is 2. The zero-order valence-corrected chi connectivity index (χ0v) is 22.3. The molecule has 0 aromatic heterocycles. The Labute approximate surface area is 219 Å². The summed E-state index contributed by atoms with van der Waals surface area (Å²) in [7, 11) is 1.42. The second-order valence-corrected chi connectivity index (χ2v) is 10.8. The topological polar surface area (TPSA) is 94.9 Å². The highest BCUT2D eigenvalue weighted by Gasteiger charge is 2.47. The molecule has 2 aromatic rings. The van der Waals surface area contributed by atoms with Gasteiger partial charge in [0.05, 0.1) is 42.6 Å². The lowest BCUT2D eigenvalue weighted by Gasteiger charge is -2.37. The van der Waals surface area contributed by atoms with Crippen molar-refractivity contribution in [3.63, 3.8) is 0 Å². The Kier molecular flexibility index (Phi) is 7.63. The van der Waals surface area contributed by atoms with E-state index in [1.807, 2.05) is 37.8 Å². The van der Waals surface area contributed by atoms with Crippen molar-refractivity contribution in [3.8, 4) is 6.07 Å². The molecule has 8 heteroatoms. The summed E-state index contributed by atoms with van der Waals surface area (Å²) in [6.45, 7) is 9.08. The predicted molar refractivity (Wildman–Crippen MR) is 143 cm³/mol. The van der Waals surface area contributed by atoms with Gasteiger partial charge < -0.3 is 24.6 Å². The molecule has 2 aromatic carbocycles. The molecule has 2 aliphatic rings. The maximum atomic E-state index is 12.7. The van der Waals surface area contributed by atoms with Crippen LogP contribution in [-0.4, -0.2) is 54.8 Å². The van der Waals surface area contributed by atoms with Gasteiger partial charge in [-0.05, 0) is 81.5 Å². The molecule has 2 aliphatic heterocycles. The Morgan fingerprint density at radius 1 is 1.14 bits per heavy atom. The highest BCUT2D eigenvalue weighted by Crippen LogP contribution is 2.41. The van der Waals surface area contributed by atoms with Crippen molar-refractivity contribution in [1.29, 1.82) is 5.26 Å². The molecule has 0 saturated carbocycles. The van der Waals surface area contributed by atoms with E-state index in [1.54, 1.807) is 12.1 Å². The van der Waals surface area contributed by atoms with E-state index in [1.165, 1.54) is 7.11 Å². The lowest BCUT2D eigenvalue weighted by Crippen LogP contribution is -2.50. The number of hydrogen-bond donors (Lipinski definition) is 1. The number of nitriles is 1. The highest BCUT2D eigenvalue weighted by molar-refractivity contribution is 5.79. The Hall–Kier alpha value is -3.73. The zero-order valence-electron chi connectivity index (χ0n) is 22.3. The van der Waals surface area contributed by atoms with Gasteiger partial charge in [-0.2, -0.15) is 5.26 Å². The van der Waals surface area contributed by atoms with Gasteiger partial charge in [0.1, 0.15) is 5.60 Å². The summed E-state index contributed by atoms with van der Waals surface area (Å²) in [6.07, 6.45) is 1.78. The first-order chi connectivity index (χ1) is 17.6. The number of rotatable bonds is 7. The van der Waals surface area contributed by atoms with Gasteiger partial charge in [-0.15, -0.1) is 0 Å². The molecule has 2 saturated heterocycles. The number of nitrogens with zero attached hydrogens (tertiary/aromatic N) is 3. The maximum absolute atomic E-state index is 12.7. The van der Waals surface area contributed by atoms with Gasteiger partial charge in [-0.25, -0.2) is 4.79 Å². The van der Waals surface area contributed by atoms with E-state index in [2.05, 4.69) is 41.4 Å². The summed E-state index contributed by atoms with van der Waals surface area (Å²) in [5.41, 5.74) is 4.00. The lowest BCUT2D eigenvalue weighted by atomic mass is 9.92. The van der Waals surface area contributed by atoms with E-state index in [0.29, 0.717) is 18.5 Å². The van der Waals surface area contributed by atoms with Gasteiger partial charge in [0, 0.05) is 24.8 Å². The Balaban J connectivity index is 1.61. The van der Waals surface area contributed by atoms with E-state index >= 15 is 0 Å². The summed E-state index contributed by atoms with van der Waals surface area (Å²) in [4.78, 5) is 29.0. The first kappa shape index (κ1) is 26.3. The van der Waals surface area contributed by atoms with Gasteiger partial charge in [0.15, 0.2) is 0 Å². The monoisotopic (exact) mass is 504 g/mol. The fourth-order valence-corrected chi connectivity index (χ4v) is 5.23. The molecule has 2 heterocycles. The van der Waals surface area contributed by atoms with Crippen molar-refractivity contribution < 1.29 is 19.1 Å². The molecule has 0 spiro atoms. The maximum Gasteiger partial charge on any atom is 0.410 e. The van der Waals surface area contributed by atoms with Crippen molar-refractivity contribution in [2.75, 3.05) is 30.4 Å². The number of fused-ring (bicyclic) bond motifs is 2. The minimum absolute atomic E-state index is 0.0423. The number of amides is 1. The van der Waals surface area contributed by atoms with Crippen LogP contribution in [0.25, 0.3) is 0 Å². The van der Waals surface area contributed by atoms with Gasteiger partial charge in [-0.3, -0.25) is 4.79 Å². The van der Waals surface area contributed by atoms with Crippen LogP contribution < -0.4 is 10.2 Å². The molecule has 2 bridgehead atoms. The molecule has 3 atom stereocenters. The minimum atomic E-state index is -0.521. The number of methoxy groups -OCH3 is 1. The molecule has 0 radical (unpaired) electrons. The molecular formula is C29H36N4O4. The molecule has 8 nitrogen and oxygen atoms in total. The third-order valence-electron chi connectivity index (χ3n) is 7.10. The number of ether oxygens (including phenoxy) is 2. The van der Waals surface area contributed by atoms with Crippen LogP contribution in [0.5, 0.6) is 0 Å². The van der Waals surface area contributed by atoms with Crippen LogP contribution in [0.3, 0.4) is 0 Å². The fraction of sp³-hybridized carbons (Fsp3) is 0.483. The van der Waals surface area contributed by atoms with E-state index in [4.69, 9.17) is 14.7 Å². The Bertz CT molecular complexity index is 1180. The predicted octanol–water partition coefficient (Wildman–Crippen LogP) is 5.56. The quantitative estimate of drug-likeness (QED) is 0.494. The van der Waals surface area contributed by atoms with Crippen molar-refractivity contribution >= 4 is 29.1 Å². The SMILES string of the molecule is CCC(CC(=O)OC)c1ccc(N2C[C@@H]3C[C@H]2CN3C(=O)OC(C)(C)C)c(Nc2ccc(C#N)cc2)c1. The molecule has 1 unspecified atom stereocenters. The molecule has 2 fully saturated rings. The lowest BCUT2D eigenvalue weighted by molar-refractivity contribution is -0.141. The molecule has 1 N–H and O–H groups in total. The van der Waals surface area contributed by atoms with Gasteiger partial charge in [0.2, 0.25) is 0 Å². The summed E-state index contributed by atoms with van der Waals surface area (Å²) in [5.74, 6) is -0.183. The normalized spacial score (nSPS) is 19.4. The zero-order chi connectivity index (χ0) is 26.7. The summed E-state index contributed by atoms with van der Waals surface area (Å²) < 4.78 is 10.5. The van der Waals surface area contributed by atoms with Gasteiger partial charge in [-0.1, -0.05) is 13.0 Å². The highest BCUT2D eigenvalue weighted by atomic mass is 16.6. The van der Waals surface area contributed by atoms with E-state index in [0.717, 1.165) is 42.0 Å². The van der Waals surface area contributed by atoms with Crippen molar-refractivity contribution in [1.82, 2.24) is 4.90 Å². The van der Waals surface area contributed by atoms with Crippen LogP contribution in [0.15, 0.2) is 42.5 Å². The van der Waals surface area contributed by atoms with Crippen LogP contribution in [0.1, 0.15) is 64.0 Å². The molecule has 196 valence electrons. The Morgan fingerprint density at radius 2 is 1.86 bits per heavy atom. The van der Waals surface area contributed by atoms with Gasteiger partial charge in [0.25, 0.3) is 0 Å². The minimum Gasteiger partial charge on any atom is -0.469 e. The summed E-state index contributed by atoms with van der Waals surface area (Å²) in [5, 5.41) is 12.7. The summed E-state index contributed by atoms with van der Waals surface area (Å²) in [6, 6.07) is 16.1. The van der Waals surface area contributed by atoms with E-state index < -0.39 is 5.60 Å². The van der Waals surface area contributed by atoms with Crippen LogP contribution in [0.2, 0.25) is 0 Å². The first-order valence-corrected chi connectivity index (χ1v) is 12.9. The van der Waals surface area contributed by atoms with Crippen molar-refractivity contribution in [2.45, 2.75) is 70.6 Å². The van der Waals surface area contributed by atoms with Crippen LogP contribution in [-0.2, 0) is 14.3 Å².